The molecule has 0 amide bonds. The molecule has 6 heteroatoms. The van der Waals surface area contributed by atoms with Crippen LogP contribution in [-0.4, -0.2) is 22.4 Å². The Balaban J connectivity index is 1.62. The summed E-state index contributed by atoms with van der Waals surface area (Å²) in [6, 6.07) is 26.7. The molecule has 6 nitrogen and oxygen atoms in total. The Hall–Kier alpha value is -4.68. The van der Waals surface area contributed by atoms with Gasteiger partial charge in [-0.05, 0) is 24.3 Å². The number of pyridine rings is 2. The van der Waals surface area contributed by atoms with Gasteiger partial charge < -0.3 is 0 Å². The Morgan fingerprint density at radius 3 is 1.50 bits per heavy atom. The highest BCUT2D eigenvalue weighted by atomic mass is 14.8. The van der Waals surface area contributed by atoms with Crippen molar-refractivity contribution in [1.29, 1.82) is 10.5 Å². The number of aliphatic imine (C=N–C) groups is 2. The molecule has 2 aromatic carbocycles. The number of rotatable bonds is 4. The lowest BCUT2D eigenvalue weighted by molar-refractivity contribution is 1.26. The Kier molecular flexibility index (Phi) is 5.32. The van der Waals surface area contributed by atoms with E-state index in [0.717, 1.165) is 21.8 Å². The summed E-state index contributed by atoms with van der Waals surface area (Å²) >= 11 is 0. The van der Waals surface area contributed by atoms with Crippen LogP contribution < -0.4 is 0 Å². The number of allylic oxidation sites excluding steroid dienone is 2. The number of nitrogens with zero attached hydrogens (tertiary/aromatic N) is 6. The molecule has 0 fully saturated rings. The van der Waals surface area contributed by atoms with Crippen LogP contribution in [0.3, 0.4) is 0 Å². The number of nitriles is 2. The van der Waals surface area contributed by atoms with Crippen molar-refractivity contribution in [1.82, 2.24) is 9.97 Å². The van der Waals surface area contributed by atoms with Gasteiger partial charge in [-0.25, -0.2) is 20.0 Å². The molecule has 0 bridgehead atoms. The van der Waals surface area contributed by atoms with Crippen molar-refractivity contribution in [2.24, 2.45) is 9.98 Å². The average molecular weight is 386 g/mol. The molecule has 2 heterocycles. The monoisotopic (exact) mass is 386 g/mol. The van der Waals surface area contributed by atoms with Crippen LogP contribution in [0.15, 0.2) is 94.2 Å². The van der Waals surface area contributed by atoms with E-state index in [4.69, 9.17) is 0 Å². The highest BCUT2D eigenvalue weighted by molar-refractivity contribution is 5.87. The van der Waals surface area contributed by atoms with Crippen LogP contribution in [-0.2, 0) is 0 Å². The van der Waals surface area contributed by atoms with Gasteiger partial charge in [0.25, 0.3) is 0 Å². The van der Waals surface area contributed by atoms with Crippen molar-refractivity contribution < 1.29 is 0 Å². The zero-order valence-electron chi connectivity index (χ0n) is 15.8. The molecule has 0 radical (unpaired) electrons. The number of aromatic nitrogens is 2. The fraction of sp³-hybridized carbons (Fsp3) is 0. The zero-order chi connectivity index (χ0) is 20.8. The summed E-state index contributed by atoms with van der Waals surface area (Å²) in [5.74, 6) is 0. The molecule has 0 saturated heterocycles. The van der Waals surface area contributed by atoms with Gasteiger partial charge in [0.2, 0.25) is 0 Å². The van der Waals surface area contributed by atoms with E-state index in [2.05, 4.69) is 20.0 Å². The summed E-state index contributed by atoms with van der Waals surface area (Å²) in [5.41, 5.74) is 2.63. The standard InChI is InChI=1S/C24H14N6/c25-13-23(27-15-19-11-9-17-5-1-3-7-21(17)29-19)24(14-26)28-16-20-12-10-18-6-2-4-8-22(18)30-20/h1-12,15-16H. The first-order valence-corrected chi connectivity index (χ1v) is 9.11. The van der Waals surface area contributed by atoms with E-state index in [1.165, 1.54) is 12.4 Å². The van der Waals surface area contributed by atoms with Crippen LogP contribution in [0.4, 0.5) is 0 Å². The van der Waals surface area contributed by atoms with E-state index in [1.807, 2.05) is 72.8 Å². The van der Waals surface area contributed by atoms with E-state index in [1.54, 1.807) is 12.1 Å². The maximum absolute atomic E-state index is 9.43. The van der Waals surface area contributed by atoms with Gasteiger partial charge in [0.05, 0.1) is 34.9 Å². The van der Waals surface area contributed by atoms with Crippen LogP contribution >= 0.6 is 0 Å². The summed E-state index contributed by atoms with van der Waals surface area (Å²) in [5, 5.41) is 20.9. The number of hydrogen-bond donors (Lipinski definition) is 0. The predicted molar refractivity (Wildman–Crippen MR) is 117 cm³/mol. The summed E-state index contributed by atoms with van der Waals surface area (Å²) in [7, 11) is 0. The zero-order valence-corrected chi connectivity index (χ0v) is 15.8. The quantitative estimate of drug-likeness (QED) is 0.379. The van der Waals surface area contributed by atoms with Gasteiger partial charge in [-0.15, -0.1) is 0 Å². The van der Waals surface area contributed by atoms with Crippen LogP contribution in [0.25, 0.3) is 21.8 Å². The Morgan fingerprint density at radius 2 is 1.07 bits per heavy atom. The van der Waals surface area contributed by atoms with Crippen molar-refractivity contribution in [2.75, 3.05) is 0 Å². The SMILES string of the molecule is N#CC(N=Cc1ccc2ccccc2n1)=C(C#N)N=Cc1ccc2ccccc2n1. The highest BCUT2D eigenvalue weighted by Gasteiger charge is 2.04. The third-order valence-electron chi connectivity index (χ3n) is 4.33. The molecule has 140 valence electrons. The lowest BCUT2D eigenvalue weighted by Crippen LogP contribution is -1.92. The molecule has 0 aliphatic rings. The smallest absolute Gasteiger partial charge is 0.177 e. The van der Waals surface area contributed by atoms with Gasteiger partial charge in [-0.3, -0.25) is 0 Å². The number of benzene rings is 2. The minimum absolute atomic E-state index is 0.0931. The largest absolute Gasteiger partial charge is 0.247 e. The minimum Gasteiger partial charge on any atom is -0.247 e. The topological polar surface area (TPSA) is 98.1 Å². The normalized spacial score (nSPS) is 12.2. The van der Waals surface area contributed by atoms with Gasteiger partial charge in [-0.2, -0.15) is 10.5 Å². The van der Waals surface area contributed by atoms with Crippen molar-refractivity contribution in [2.45, 2.75) is 0 Å². The first-order chi connectivity index (χ1) is 14.8. The maximum atomic E-state index is 9.43. The summed E-state index contributed by atoms with van der Waals surface area (Å²) in [4.78, 5) is 17.2. The fourth-order valence-corrected chi connectivity index (χ4v) is 2.85. The average Bonchev–Trinajstić information content (AvgIpc) is 2.81. The maximum Gasteiger partial charge on any atom is 0.177 e. The van der Waals surface area contributed by atoms with Crippen LogP contribution in [0.1, 0.15) is 11.4 Å². The van der Waals surface area contributed by atoms with Crippen molar-refractivity contribution in [3.63, 3.8) is 0 Å². The second-order valence-electron chi connectivity index (χ2n) is 6.29. The Labute approximate surface area is 172 Å². The van der Waals surface area contributed by atoms with Crippen molar-refractivity contribution >= 4 is 34.2 Å². The first kappa shape index (κ1) is 18.7. The molecule has 4 aromatic rings. The van der Waals surface area contributed by atoms with Gasteiger partial charge in [0.15, 0.2) is 11.4 Å². The highest BCUT2D eigenvalue weighted by Crippen LogP contribution is 2.13. The molecule has 0 aliphatic heterocycles. The van der Waals surface area contributed by atoms with Gasteiger partial charge >= 0.3 is 0 Å². The predicted octanol–water partition coefficient (Wildman–Crippen LogP) is 4.58. The molecule has 0 spiro atoms. The van der Waals surface area contributed by atoms with E-state index >= 15 is 0 Å². The first-order valence-electron chi connectivity index (χ1n) is 9.11. The number of hydrogen-bond acceptors (Lipinski definition) is 6. The van der Waals surface area contributed by atoms with E-state index in [0.29, 0.717) is 11.4 Å². The van der Waals surface area contributed by atoms with Crippen LogP contribution in [0, 0.1) is 22.7 Å². The second kappa shape index (κ2) is 8.55. The third-order valence-corrected chi connectivity index (χ3v) is 4.33. The van der Waals surface area contributed by atoms with Gasteiger partial charge in [0, 0.05) is 10.8 Å². The fourth-order valence-electron chi connectivity index (χ4n) is 2.85. The lowest BCUT2D eigenvalue weighted by Gasteiger charge is -1.99. The van der Waals surface area contributed by atoms with Crippen LogP contribution in [0.5, 0.6) is 0 Å². The molecule has 0 unspecified atom stereocenters. The van der Waals surface area contributed by atoms with Gasteiger partial charge in [-0.1, -0.05) is 48.5 Å². The second-order valence-corrected chi connectivity index (χ2v) is 6.29. The van der Waals surface area contributed by atoms with Crippen molar-refractivity contribution in [3.05, 3.63) is 95.6 Å². The van der Waals surface area contributed by atoms with Gasteiger partial charge in [0.1, 0.15) is 12.1 Å². The molecular weight excluding hydrogens is 372 g/mol. The molecule has 0 atom stereocenters. The molecule has 0 aliphatic carbocycles. The van der Waals surface area contributed by atoms with E-state index in [9.17, 15) is 10.5 Å². The summed E-state index contributed by atoms with van der Waals surface area (Å²) in [6.07, 6.45) is 2.90. The molecule has 2 aromatic heterocycles. The molecule has 0 saturated carbocycles. The molecular formula is C24H14N6. The minimum atomic E-state index is -0.0931. The van der Waals surface area contributed by atoms with Crippen molar-refractivity contribution in [3.8, 4) is 12.1 Å². The third kappa shape index (κ3) is 4.09. The number of fused-ring (bicyclic) bond motifs is 2. The lowest BCUT2D eigenvalue weighted by atomic mass is 10.2. The number of para-hydroxylation sites is 2. The summed E-state index contributed by atoms with van der Waals surface area (Å²) < 4.78 is 0. The molecule has 4 rings (SSSR count). The molecule has 30 heavy (non-hydrogen) atoms. The Morgan fingerprint density at radius 1 is 0.633 bits per heavy atom. The summed E-state index contributed by atoms with van der Waals surface area (Å²) in [6.45, 7) is 0. The molecule has 0 N–H and O–H groups in total. The van der Waals surface area contributed by atoms with Crippen LogP contribution in [0.2, 0.25) is 0 Å². The Bertz CT molecular complexity index is 1310. The van der Waals surface area contributed by atoms with E-state index < -0.39 is 0 Å². The van der Waals surface area contributed by atoms with E-state index in [-0.39, 0.29) is 11.4 Å².